The number of nitrogens with zero attached hydrogens (tertiary/aromatic N) is 2. The van der Waals surface area contributed by atoms with Gasteiger partial charge in [-0.15, -0.1) is 0 Å². The third-order valence-corrected chi connectivity index (χ3v) is 9.91. The molecule has 2 aliphatic rings. The summed E-state index contributed by atoms with van der Waals surface area (Å²) < 4.78 is 1.57. The summed E-state index contributed by atoms with van der Waals surface area (Å²) in [7, 11) is 0. The lowest BCUT2D eigenvalue weighted by molar-refractivity contribution is -0.120. The van der Waals surface area contributed by atoms with Crippen molar-refractivity contribution < 1.29 is 9.59 Å². The van der Waals surface area contributed by atoms with Gasteiger partial charge in [-0.3, -0.25) is 18.8 Å². The molecule has 0 saturated carbocycles. The van der Waals surface area contributed by atoms with E-state index in [9.17, 15) is 14.4 Å². The van der Waals surface area contributed by atoms with Crippen molar-refractivity contribution in [2.24, 2.45) is 5.73 Å². The molecule has 3 heterocycles. The van der Waals surface area contributed by atoms with Crippen LogP contribution in [0.4, 0.5) is 0 Å². The van der Waals surface area contributed by atoms with Crippen LogP contribution < -0.4 is 27.2 Å². The molecule has 7 rings (SSSR count). The number of carbonyl (C=O) groups excluding carboxylic acids is 2. The number of pyridine rings is 1. The maximum atomic E-state index is 13.3. The van der Waals surface area contributed by atoms with Gasteiger partial charge < -0.3 is 21.7 Å². The van der Waals surface area contributed by atoms with Crippen LogP contribution in [-0.2, 0) is 29.0 Å². The Labute approximate surface area is 283 Å². The second-order valence-corrected chi connectivity index (χ2v) is 13.0. The first-order valence-corrected chi connectivity index (χ1v) is 16.7. The summed E-state index contributed by atoms with van der Waals surface area (Å²) in [6.45, 7) is 3.06. The van der Waals surface area contributed by atoms with Gasteiger partial charge in [0.25, 0.3) is 5.56 Å². The Bertz CT molecular complexity index is 2130. The molecule has 2 unspecified atom stereocenters. The molecule has 1 aliphatic heterocycles. The van der Waals surface area contributed by atoms with Crippen molar-refractivity contribution in [3.63, 3.8) is 0 Å². The first kappa shape index (κ1) is 31.8. The topological polar surface area (TPSA) is 131 Å². The van der Waals surface area contributed by atoms with E-state index in [0.29, 0.717) is 35.7 Å². The Morgan fingerprint density at radius 2 is 1.73 bits per heavy atom. The van der Waals surface area contributed by atoms with Crippen LogP contribution in [-0.4, -0.2) is 46.4 Å². The maximum absolute atomic E-state index is 13.3. The number of hydrogen-bond donors (Lipinski definition) is 4. The average Bonchev–Trinajstić information content (AvgIpc) is 3.70. The third-order valence-electron chi connectivity index (χ3n) is 9.51. The van der Waals surface area contributed by atoms with E-state index in [4.69, 9.17) is 17.3 Å². The Hall–Kier alpha value is -4.83. The normalized spacial score (nSPS) is 17.0. The van der Waals surface area contributed by atoms with Crippen molar-refractivity contribution in [3.05, 3.63) is 117 Å². The molecule has 10 heteroatoms. The molecule has 48 heavy (non-hydrogen) atoms. The van der Waals surface area contributed by atoms with Crippen LogP contribution >= 0.6 is 11.6 Å². The van der Waals surface area contributed by atoms with E-state index in [1.807, 2.05) is 36.4 Å². The standard InChI is InChI=1S/C38H37ClN6O3/c1-22-30(25-12-13-45-34(17-25)42-20-27(38(45)48)19-41-21-28-10-11-35(46)43-28)4-2-5-31(22)33-7-3-6-32(37(33)39)24-9-8-23-15-29(16-26(23)14-24)44-36(47)18-40/h2-9,12-14,17,20,28-29,41H,10-11,15-16,18-19,21,40H2,1H3,(H,43,46)(H,44,47). The second-order valence-electron chi connectivity index (χ2n) is 12.7. The number of benzene rings is 3. The number of fused-ring (bicyclic) bond motifs is 2. The van der Waals surface area contributed by atoms with Crippen molar-refractivity contribution in [3.8, 4) is 33.4 Å². The zero-order valence-electron chi connectivity index (χ0n) is 26.7. The lowest BCUT2D eigenvalue weighted by Gasteiger charge is -2.16. The van der Waals surface area contributed by atoms with Crippen molar-refractivity contribution >= 4 is 29.1 Å². The van der Waals surface area contributed by atoms with Crippen LogP contribution in [0.2, 0.25) is 5.02 Å². The predicted octanol–water partition coefficient (Wildman–Crippen LogP) is 4.57. The summed E-state index contributed by atoms with van der Waals surface area (Å²) in [5.41, 5.74) is 15.9. The number of aromatic nitrogens is 2. The van der Waals surface area contributed by atoms with Crippen molar-refractivity contribution in [2.75, 3.05) is 13.1 Å². The Balaban J connectivity index is 1.13. The summed E-state index contributed by atoms with van der Waals surface area (Å²) in [4.78, 5) is 41.2. The predicted molar refractivity (Wildman–Crippen MR) is 189 cm³/mol. The average molecular weight is 661 g/mol. The van der Waals surface area contributed by atoms with Crippen molar-refractivity contribution in [1.29, 1.82) is 0 Å². The van der Waals surface area contributed by atoms with Crippen molar-refractivity contribution in [1.82, 2.24) is 25.3 Å². The number of rotatable bonds is 9. The zero-order valence-corrected chi connectivity index (χ0v) is 27.4. The number of carbonyl (C=O) groups is 2. The van der Waals surface area contributed by atoms with Gasteiger partial charge in [-0.05, 0) is 77.3 Å². The minimum Gasteiger partial charge on any atom is -0.352 e. The fourth-order valence-corrected chi connectivity index (χ4v) is 7.33. The molecule has 0 radical (unpaired) electrons. The molecule has 0 spiro atoms. The van der Waals surface area contributed by atoms with Gasteiger partial charge in [0, 0.05) is 60.7 Å². The van der Waals surface area contributed by atoms with E-state index in [2.05, 4.69) is 58.2 Å². The van der Waals surface area contributed by atoms with Crippen LogP contribution in [0.25, 0.3) is 39.0 Å². The Morgan fingerprint density at radius 1 is 0.979 bits per heavy atom. The van der Waals surface area contributed by atoms with Gasteiger partial charge in [-0.25, -0.2) is 4.98 Å². The number of amides is 2. The van der Waals surface area contributed by atoms with E-state index in [1.54, 1.807) is 16.8 Å². The quantitative estimate of drug-likeness (QED) is 0.183. The molecule has 2 atom stereocenters. The number of nitrogens with two attached hydrogens (primary N) is 1. The van der Waals surface area contributed by atoms with Gasteiger partial charge in [-0.2, -0.15) is 0 Å². The lowest BCUT2D eigenvalue weighted by Crippen LogP contribution is -2.39. The summed E-state index contributed by atoms with van der Waals surface area (Å²) in [6.07, 6.45) is 6.31. The van der Waals surface area contributed by atoms with E-state index in [-0.39, 0.29) is 36.0 Å². The highest BCUT2D eigenvalue weighted by molar-refractivity contribution is 6.36. The number of nitrogens with one attached hydrogen (secondary N) is 3. The van der Waals surface area contributed by atoms with Crippen LogP contribution in [0.1, 0.15) is 35.1 Å². The fourth-order valence-electron chi connectivity index (χ4n) is 6.99. The molecular formula is C38H37ClN6O3. The molecule has 2 amide bonds. The first-order chi connectivity index (χ1) is 23.3. The molecule has 1 saturated heterocycles. The highest BCUT2D eigenvalue weighted by Crippen LogP contribution is 2.41. The summed E-state index contributed by atoms with van der Waals surface area (Å²) in [5, 5.41) is 9.89. The molecule has 0 bridgehead atoms. The SMILES string of the molecule is Cc1c(-c2ccn3c(=O)c(CNCC4CCC(=O)N4)cnc3c2)cccc1-c1cccc(-c2ccc3c(c2)CC(NC(=O)CN)C3)c1Cl. The van der Waals surface area contributed by atoms with Gasteiger partial charge in [0.15, 0.2) is 0 Å². The smallest absolute Gasteiger partial charge is 0.262 e. The second kappa shape index (κ2) is 13.4. The largest absolute Gasteiger partial charge is 0.352 e. The maximum Gasteiger partial charge on any atom is 0.262 e. The minimum atomic E-state index is -0.138. The number of halogens is 1. The van der Waals surface area contributed by atoms with Crippen LogP contribution in [0.5, 0.6) is 0 Å². The molecule has 5 aromatic rings. The minimum absolute atomic E-state index is 0.0114. The first-order valence-electron chi connectivity index (χ1n) is 16.3. The van der Waals surface area contributed by atoms with Gasteiger partial charge >= 0.3 is 0 Å². The molecular weight excluding hydrogens is 624 g/mol. The fraction of sp³-hybridized carbons (Fsp3) is 0.263. The Kier molecular flexibility index (Phi) is 8.83. The van der Waals surface area contributed by atoms with E-state index in [0.717, 1.165) is 58.2 Å². The van der Waals surface area contributed by atoms with Gasteiger partial charge in [0.1, 0.15) is 5.65 Å². The number of hydrogen-bond acceptors (Lipinski definition) is 6. The molecule has 244 valence electrons. The summed E-state index contributed by atoms with van der Waals surface area (Å²) >= 11 is 7.16. The van der Waals surface area contributed by atoms with E-state index in [1.165, 1.54) is 11.1 Å². The van der Waals surface area contributed by atoms with Crippen LogP contribution in [0.15, 0.2) is 83.9 Å². The zero-order chi connectivity index (χ0) is 33.4. The lowest BCUT2D eigenvalue weighted by atomic mass is 9.91. The van der Waals surface area contributed by atoms with Crippen LogP contribution in [0, 0.1) is 6.92 Å². The monoisotopic (exact) mass is 660 g/mol. The van der Waals surface area contributed by atoms with E-state index < -0.39 is 0 Å². The molecule has 5 N–H and O–H groups in total. The van der Waals surface area contributed by atoms with E-state index >= 15 is 0 Å². The van der Waals surface area contributed by atoms with Gasteiger partial charge in [0.2, 0.25) is 11.8 Å². The highest BCUT2D eigenvalue weighted by atomic mass is 35.5. The third kappa shape index (κ3) is 6.24. The molecule has 2 aromatic heterocycles. The van der Waals surface area contributed by atoms with Crippen molar-refractivity contribution in [2.45, 2.75) is 51.2 Å². The summed E-state index contributed by atoms with van der Waals surface area (Å²) in [6, 6.07) is 22.7. The Morgan fingerprint density at radius 3 is 2.52 bits per heavy atom. The molecule has 1 aliphatic carbocycles. The molecule has 1 fully saturated rings. The van der Waals surface area contributed by atoms with Gasteiger partial charge in [-0.1, -0.05) is 66.2 Å². The van der Waals surface area contributed by atoms with Gasteiger partial charge in [0.05, 0.1) is 11.6 Å². The van der Waals surface area contributed by atoms with Crippen LogP contribution in [0.3, 0.4) is 0 Å². The molecule has 9 nitrogen and oxygen atoms in total. The summed E-state index contributed by atoms with van der Waals surface area (Å²) in [5.74, 6) is -0.0643. The highest BCUT2D eigenvalue weighted by Gasteiger charge is 2.24. The molecule has 3 aromatic carbocycles.